The van der Waals surface area contributed by atoms with Crippen LogP contribution in [0.25, 0.3) is 0 Å². The van der Waals surface area contributed by atoms with Gasteiger partial charge in [0.2, 0.25) is 0 Å². The Labute approximate surface area is 39.2 Å². The maximum absolute atomic E-state index is 3.46. The number of hydrogen-bond acceptors (Lipinski definition) is 0. The molecule has 0 aliphatic rings. The molecular weight excluding hydrogens is 72.1 g/mol. The van der Waals surface area contributed by atoms with Crippen LogP contribution in [0.5, 0.6) is 0 Å². The third-order valence-corrected chi connectivity index (χ3v) is 0.440. The molecule has 0 nitrogen and oxygen atoms in total. The summed E-state index contributed by atoms with van der Waals surface area (Å²) in [5.74, 6) is 0. The van der Waals surface area contributed by atoms with Crippen molar-refractivity contribution in [1.82, 2.24) is 0 Å². The van der Waals surface area contributed by atoms with E-state index in [2.05, 4.69) is 19.6 Å². The van der Waals surface area contributed by atoms with Gasteiger partial charge in [0, 0.05) is 0 Å². The highest BCUT2D eigenvalue weighted by Crippen LogP contribution is 1.75. The first-order valence-corrected chi connectivity index (χ1v) is 2.10. The largest absolute Gasteiger partial charge is 0.0985 e. The highest BCUT2D eigenvalue weighted by atomic mass is 13.6. The molecule has 33 valence electrons. The zero-order valence-electron chi connectivity index (χ0n) is 4.07. The van der Waals surface area contributed by atoms with Gasteiger partial charge in [-0.3, -0.25) is 0 Å². The molecule has 0 N–H and O–H groups in total. The van der Waals surface area contributed by atoms with E-state index in [-0.39, 0.29) is 0 Å². The van der Waals surface area contributed by atoms with E-state index < -0.39 is 0 Å². The minimum Gasteiger partial charge on any atom is -0.0985 e. The summed E-state index contributed by atoms with van der Waals surface area (Å²) in [7, 11) is 0. The minimum atomic E-state index is 1.05. The summed E-state index contributed by atoms with van der Waals surface area (Å²) in [6.07, 6.45) is 7.48. The van der Waals surface area contributed by atoms with Crippen LogP contribution < -0.4 is 0 Å². The fraction of sp³-hybridized carbons (Fsp3) is 0.333. The van der Waals surface area contributed by atoms with E-state index in [1.54, 1.807) is 6.08 Å². The van der Waals surface area contributed by atoms with Crippen molar-refractivity contribution in [2.24, 2.45) is 0 Å². The Balaban J connectivity index is 2.94. The van der Waals surface area contributed by atoms with Gasteiger partial charge < -0.3 is 0 Å². The Morgan fingerprint density at radius 3 is 2.67 bits per heavy atom. The maximum atomic E-state index is 3.46. The zero-order valence-corrected chi connectivity index (χ0v) is 4.07. The average molecular weight is 81.1 g/mol. The van der Waals surface area contributed by atoms with Gasteiger partial charge in [0.15, 0.2) is 0 Å². The van der Waals surface area contributed by atoms with E-state index in [4.69, 9.17) is 0 Å². The van der Waals surface area contributed by atoms with Gasteiger partial charge in [-0.1, -0.05) is 25.7 Å². The van der Waals surface area contributed by atoms with Crippen molar-refractivity contribution in [2.45, 2.75) is 13.3 Å². The molecule has 0 heterocycles. The molecule has 0 aliphatic carbocycles. The lowest BCUT2D eigenvalue weighted by Gasteiger charge is -1.66. The molecule has 0 aliphatic heterocycles. The van der Waals surface area contributed by atoms with Gasteiger partial charge in [-0.15, -0.1) is 0 Å². The van der Waals surface area contributed by atoms with Crippen molar-refractivity contribution >= 4 is 0 Å². The first kappa shape index (κ1) is 5.48. The molecular formula is C6H9. The first-order chi connectivity index (χ1) is 2.91. The quantitative estimate of drug-likeness (QED) is 0.445. The van der Waals surface area contributed by atoms with E-state index in [0.29, 0.717) is 0 Å². The van der Waals surface area contributed by atoms with Crippen LogP contribution in [0.4, 0.5) is 0 Å². The second-order valence-corrected chi connectivity index (χ2v) is 0.983. The second kappa shape index (κ2) is 4.48. The van der Waals surface area contributed by atoms with Crippen LogP contribution in [-0.4, -0.2) is 0 Å². The van der Waals surface area contributed by atoms with Crippen LogP contribution in [0.1, 0.15) is 13.3 Å². The summed E-state index contributed by atoms with van der Waals surface area (Å²) in [5, 5.41) is 0. The van der Waals surface area contributed by atoms with Crippen LogP contribution in [0, 0.1) is 6.08 Å². The highest BCUT2D eigenvalue weighted by molar-refractivity contribution is 4.87. The van der Waals surface area contributed by atoms with Gasteiger partial charge in [0.05, 0.1) is 0 Å². The molecule has 0 aromatic heterocycles. The lowest BCUT2D eigenvalue weighted by Crippen LogP contribution is -1.47. The highest BCUT2D eigenvalue weighted by Gasteiger charge is 1.56. The fourth-order valence-corrected chi connectivity index (χ4v) is 0.201. The molecule has 0 heteroatoms. The van der Waals surface area contributed by atoms with Crippen LogP contribution >= 0.6 is 0 Å². The van der Waals surface area contributed by atoms with E-state index in [0.717, 1.165) is 6.42 Å². The monoisotopic (exact) mass is 81.1 g/mol. The summed E-state index contributed by atoms with van der Waals surface area (Å²) in [6.45, 7) is 5.52. The molecule has 1 radical (unpaired) electrons. The third kappa shape index (κ3) is 3.48. The maximum Gasteiger partial charge on any atom is -0.0233 e. The van der Waals surface area contributed by atoms with E-state index in [1.807, 2.05) is 6.08 Å². The van der Waals surface area contributed by atoms with Crippen molar-refractivity contribution in [2.75, 3.05) is 0 Å². The summed E-state index contributed by atoms with van der Waals surface area (Å²) in [6, 6.07) is 0. The molecule has 0 amide bonds. The van der Waals surface area contributed by atoms with Gasteiger partial charge in [-0.05, 0) is 12.5 Å². The van der Waals surface area contributed by atoms with E-state index >= 15 is 0 Å². The van der Waals surface area contributed by atoms with Crippen molar-refractivity contribution in [3.63, 3.8) is 0 Å². The Hall–Kier alpha value is -0.520. The SMILES string of the molecule is C=C/[C]=C/CC. The van der Waals surface area contributed by atoms with Crippen LogP contribution in [0.15, 0.2) is 18.7 Å². The number of hydrogen-bond donors (Lipinski definition) is 0. The van der Waals surface area contributed by atoms with Crippen LogP contribution in [-0.2, 0) is 0 Å². The predicted molar refractivity (Wildman–Crippen MR) is 28.3 cm³/mol. The van der Waals surface area contributed by atoms with Crippen LogP contribution in [0.2, 0.25) is 0 Å². The summed E-state index contributed by atoms with van der Waals surface area (Å²) >= 11 is 0. The smallest absolute Gasteiger partial charge is 0.0233 e. The predicted octanol–water partition coefficient (Wildman–Crippen LogP) is 1.94. The Morgan fingerprint density at radius 1 is 1.83 bits per heavy atom. The van der Waals surface area contributed by atoms with Gasteiger partial charge in [0.25, 0.3) is 0 Å². The zero-order chi connectivity index (χ0) is 4.83. The topological polar surface area (TPSA) is 0 Å². The molecule has 0 aromatic carbocycles. The Morgan fingerprint density at radius 2 is 2.50 bits per heavy atom. The molecule has 0 unspecified atom stereocenters. The molecule has 0 aromatic rings. The average Bonchev–Trinajstić information content (AvgIpc) is 1.61. The van der Waals surface area contributed by atoms with Gasteiger partial charge >= 0.3 is 0 Å². The van der Waals surface area contributed by atoms with Crippen LogP contribution in [0.3, 0.4) is 0 Å². The summed E-state index contributed by atoms with van der Waals surface area (Å²) in [4.78, 5) is 0. The van der Waals surface area contributed by atoms with Gasteiger partial charge in [-0.2, -0.15) is 0 Å². The summed E-state index contributed by atoms with van der Waals surface area (Å²) < 4.78 is 0. The minimum absolute atomic E-state index is 1.05. The molecule has 0 fully saturated rings. The number of allylic oxidation sites excluding steroid dienone is 3. The molecule has 0 spiro atoms. The van der Waals surface area contributed by atoms with Crippen molar-refractivity contribution in [3.8, 4) is 0 Å². The van der Waals surface area contributed by atoms with E-state index in [1.165, 1.54) is 0 Å². The molecule has 0 rings (SSSR count). The molecule has 0 bridgehead atoms. The van der Waals surface area contributed by atoms with E-state index in [9.17, 15) is 0 Å². The summed E-state index contributed by atoms with van der Waals surface area (Å²) in [5.41, 5.74) is 0. The molecule has 0 atom stereocenters. The Kier molecular flexibility index (Phi) is 4.09. The Bertz CT molecular complexity index is 51.1. The third-order valence-electron chi connectivity index (χ3n) is 0.440. The number of rotatable bonds is 2. The molecule has 0 saturated carbocycles. The molecule has 0 saturated heterocycles. The lowest BCUT2D eigenvalue weighted by molar-refractivity contribution is 1.22. The lowest BCUT2D eigenvalue weighted by atomic mass is 10.4. The first-order valence-electron chi connectivity index (χ1n) is 2.10. The second-order valence-electron chi connectivity index (χ2n) is 0.983. The van der Waals surface area contributed by atoms with Crippen molar-refractivity contribution < 1.29 is 0 Å². The van der Waals surface area contributed by atoms with Gasteiger partial charge in [0.1, 0.15) is 0 Å². The van der Waals surface area contributed by atoms with Crippen molar-refractivity contribution in [3.05, 3.63) is 24.8 Å². The fourth-order valence-electron chi connectivity index (χ4n) is 0.201. The molecule has 6 heavy (non-hydrogen) atoms. The standard InChI is InChI=1S/C6H9/c1-3-5-6-4-2/h3,6H,1,4H2,2H3. The van der Waals surface area contributed by atoms with Gasteiger partial charge in [-0.25, -0.2) is 0 Å². The van der Waals surface area contributed by atoms with Crippen molar-refractivity contribution in [1.29, 1.82) is 0 Å². The normalized spacial score (nSPS) is 9.50.